The largest absolute Gasteiger partial charge is 0.494 e. The fourth-order valence-electron chi connectivity index (χ4n) is 2.37. The molecule has 0 fully saturated rings. The molecule has 2 aromatic heterocycles. The van der Waals surface area contributed by atoms with Gasteiger partial charge in [-0.05, 0) is 31.0 Å². The highest BCUT2D eigenvalue weighted by Gasteiger charge is 2.12. The molecule has 3 aromatic rings. The summed E-state index contributed by atoms with van der Waals surface area (Å²) in [6, 6.07) is 9.49. The van der Waals surface area contributed by atoms with E-state index in [-0.39, 0.29) is 5.56 Å². The van der Waals surface area contributed by atoms with E-state index in [0.717, 1.165) is 17.0 Å². The van der Waals surface area contributed by atoms with Gasteiger partial charge in [-0.15, -0.1) is 11.3 Å². The molecule has 0 unspecified atom stereocenters. The zero-order valence-electron chi connectivity index (χ0n) is 12.7. The summed E-state index contributed by atoms with van der Waals surface area (Å²) in [5.74, 6) is 0.731. The molecule has 0 spiro atoms. The van der Waals surface area contributed by atoms with Crippen molar-refractivity contribution in [3.05, 3.63) is 51.9 Å². The quantitative estimate of drug-likeness (QED) is 0.674. The summed E-state index contributed by atoms with van der Waals surface area (Å²) >= 11 is 1.44. The van der Waals surface area contributed by atoms with Crippen LogP contribution in [-0.4, -0.2) is 16.0 Å². The third-order valence-corrected chi connectivity index (χ3v) is 4.25. The van der Waals surface area contributed by atoms with Gasteiger partial charge in [0.15, 0.2) is 4.96 Å². The number of aromatic nitrogens is 2. The summed E-state index contributed by atoms with van der Waals surface area (Å²) < 4.78 is 7.14. The number of hydrogen-bond donors (Lipinski definition) is 0. The van der Waals surface area contributed by atoms with Crippen molar-refractivity contribution >= 4 is 16.3 Å². The van der Waals surface area contributed by atoms with Gasteiger partial charge < -0.3 is 4.74 Å². The van der Waals surface area contributed by atoms with Crippen LogP contribution in [0.15, 0.2) is 40.6 Å². The molecule has 0 saturated heterocycles. The van der Waals surface area contributed by atoms with Crippen LogP contribution >= 0.6 is 11.3 Å². The average molecular weight is 325 g/mol. The van der Waals surface area contributed by atoms with Gasteiger partial charge in [-0.25, -0.2) is 4.98 Å². The van der Waals surface area contributed by atoms with Gasteiger partial charge in [0.1, 0.15) is 5.75 Å². The van der Waals surface area contributed by atoms with Gasteiger partial charge in [0.05, 0.1) is 23.9 Å². The van der Waals surface area contributed by atoms with Gasteiger partial charge in [-0.1, -0.05) is 12.1 Å². The molecule has 0 aliphatic rings. The first kappa shape index (κ1) is 15.3. The Balaban J connectivity index is 1.88. The van der Waals surface area contributed by atoms with Crippen LogP contribution in [0, 0.1) is 18.3 Å². The summed E-state index contributed by atoms with van der Waals surface area (Å²) in [4.78, 5) is 17.8. The third kappa shape index (κ3) is 3.10. The average Bonchev–Trinajstić information content (AvgIpc) is 3.01. The van der Waals surface area contributed by atoms with Crippen molar-refractivity contribution in [2.45, 2.75) is 19.8 Å². The first-order valence-electron chi connectivity index (χ1n) is 7.27. The van der Waals surface area contributed by atoms with Gasteiger partial charge >= 0.3 is 0 Å². The van der Waals surface area contributed by atoms with Crippen LogP contribution < -0.4 is 10.3 Å². The molecular formula is C17H15N3O2S. The van der Waals surface area contributed by atoms with Crippen molar-refractivity contribution in [2.24, 2.45) is 0 Å². The molecule has 3 rings (SSSR count). The predicted molar refractivity (Wildman–Crippen MR) is 89.9 cm³/mol. The Labute approximate surface area is 137 Å². The van der Waals surface area contributed by atoms with E-state index in [1.165, 1.54) is 11.3 Å². The minimum Gasteiger partial charge on any atom is -0.494 e. The van der Waals surface area contributed by atoms with Gasteiger partial charge in [0.25, 0.3) is 5.56 Å². The lowest BCUT2D eigenvalue weighted by atomic mass is 10.1. The SMILES string of the molecule is Cc1nc2sccn2c(=O)c1-c1ccc(OCCCC#N)cc1. The monoisotopic (exact) mass is 325 g/mol. The molecule has 0 radical (unpaired) electrons. The second kappa shape index (κ2) is 6.63. The van der Waals surface area contributed by atoms with E-state index >= 15 is 0 Å². The first-order chi connectivity index (χ1) is 11.2. The van der Waals surface area contributed by atoms with Crippen LogP contribution in [0.1, 0.15) is 18.5 Å². The minimum atomic E-state index is -0.0589. The zero-order valence-corrected chi connectivity index (χ0v) is 13.5. The molecule has 0 amide bonds. The van der Waals surface area contributed by atoms with E-state index < -0.39 is 0 Å². The summed E-state index contributed by atoms with van der Waals surface area (Å²) in [5, 5.41) is 10.3. The van der Waals surface area contributed by atoms with Crippen molar-refractivity contribution in [1.82, 2.24) is 9.38 Å². The van der Waals surface area contributed by atoms with Crippen molar-refractivity contribution in [3.8, 4) is 22.9 Å². The molecule has 5 nitrogen and oxygen atoms in total. The molecule has 0 N–H and O–H groups in total. The van der Waals surface area contributed by atoms with E-state index in [1.807, 2.05) is 36.6 Å². The zero-order chi connectivity index (χ0) is 16.2. The number of ether oxygens (including phenoxy) is 1. The Bertz CT molecular complexity index is 920. The standard InChI is InChI=1S/C17H15N3O2S/c1-12-15(16(21)20-9-11-23-17(20)19-12)13-4-6-14(7-5-13)22-10-3-2-8-18/h4-7,9,11H,2-3,10H2,1H3. The number of thiazole rings is 1. The van der Waals surface area contributed by atoms with Crippen LogP contribution in [0.5, 0.6) is 5.75 Å². The highest BCUT2D eigenvalue weighted by atomic mass is 32.1. The molecule has 0 saturated carbocycles. The van der Waals surface area contributed by atoms with E-state index in [2.05, 4.69) is 11.1 Å². The molecule has 0 bridgehead atoms. The molecular weight excluding hydrogens is 310 g/mol. The lowest BCUT2D eigenvalue weighted by Gasteiger charge is -2.08. The molecule has 0 aliphatic heterocycles. The Morgan fingerprint density at radius 3 is 2.87 bits per heavy atom. The lowest BCUT2D eigenvalue weighted by Crippen LogP contribution is -2.16. The molecule has 0 aliphatic carbocycles. The van der Waals surface area contributed by atoms with Crippen LogP contribution in [0.3, 0.4) is 0 Å². The lowest BCUT2D eigenvalue weighted by molar-refractivity contribution is 0.313. The van der Waals surface area contributed by atoms with Crippen LogP contribution in [0.25, 0.3) is 16.1 Å². The van der Waals surface area contributed by atoms with E-state index in [0.29, 0.717) is 30.0 Å². The molecule has 116 valence electrons. The summed E-state index contributed by atoms with van der Waals surface area (Å²) in [6.07, 6.45) is 2.93. The third-order valence-electron chi connectivity index (χ3n) is 3.49. The molecule has 23 heavy (non-hydrogen) atoms. The highest BCUT2D eigenvalue weighted by molar-refractivity contribution is 7.15. The van der Waals surface area contributed by atoms with Crippen molar-refractivity contribution in [1.29, 1.82) is 5.26 Å². The topological polar surface area (TPSA) is 67.4 Å². The molecule has 2 heterocycles. The van der Waals surface area contributed by atoms with Crippen LogP contribution in [0.4, 0.5) is 0 Å². The number of nitriles is 1. The summed E-state index contributed by atoms with van der Waals surface area (Å²) in [7, 11) is 0. The molecule has 0 atom stereocenters. The Morgan fingerprint density at radius 1 is 1.35 bits per heavy atom. The molecule has 1 aromatic carbocycles. The van der Waals surface area contributed by atoms with Crippen molar-refractivity contribution in [3.63, 3.8) is 0 Å². The number of benzene rings is 1. The summed E-state index contributed by atoms with van der Waals surface area (Å²) in [5.41, 5.74) is 2.10. The van der Waals surface area contributed by atoms with Gasteiger partial charge in [0.2, 0.25) is 0 Å². The van der Waals surface area contributed by atoms with Crippen LogP contribution in [-0.2, 0) is 0 Å². The second-order valence-electron chi connectivity index (χ2n) is 5.07. The Morgan fingerprint density at radius 2 is 2.13 bits per heavy atom. The normalized spacial score (nSPS) is 10.6. The maximum Gasteiger partial charge on any atom is 0.266 e. The maximum atomic E-state index is 12.6. The minimum absolute atomic E-state index is 0.0589. The van der Waals surface area contributed by atoms with E-state index in [9.17, 15) is 4.79 Å². The Hall–Kier alpha value is -2.65. The second-order valence-corrected chi connectivity index (χ2v) is 5.94. The molecule has 6 heteroatoms. The number of rotatable bonds is 5. The van der Waals surface area contributed by atoms with Crippen molar-refractivity contribution < 1.29 is 4.74 Å². The number of aryl methyl sites for hydroxylation is 1. The fraction of sp³-hybridized carbons (Fsp3) is 0.235. The van der Waals surface area contributed by atoms with Gasteiger partial charge in [-0.2, -0.15) is 5.26 Å². The van der Waals surface area contributed by atoms with Crippen molar-refractivity contribution in [2.75, 3.05) is 6.61 Å². The number of unbranched alkanes of at least 4 members (excludes halogenated alkanes) is 1. The van der Waals surface area contributed by atoms with E-state index in [4.69, 9.17) is 10.00 Å². The Kier molecular flexibility index (Phi) is 4.40. The van der Waals surface area contributed by atoms with Gasteiger partial charge in [-0.3, -0.25) is 9.20 Å². The van der Waals surface area contributed by atoms with E-state index in [1.54, 1.807) is 10.6 Å². The van der Waals surface area contributed by atoms with Crippen LogP contribution in [0.2, 0.25) is 0 Å². The fourth-order valence-corrected chi connectivity index (χ4v) is 3.12. The highest BCUT2D eigenvalue weighted by Crippen LogP contribution is 2.23. The number of hydrogen-bond acceptors (Lipinski definition) is 5. The van der Waals surface area contributed by atoms with Gasteiger partial charge in [0, 0.05) is 18.0 Å². The predicted octanol–water partition coefficient (Wildman–Crippen LogP) is 3.41. The summed E-state index contributed by atoms with van der Waals surface area (Å²) in [6.45, 7) is 2.36. The maximum absolute atomic E-state index is 12.6. The number of nitrogens with zero attached hydrogens (tertiary/aromatic N) is 3. The first-order valence-corrected chi connectivity index (χ1v) is 8.15. The smallest absolute Gasteiger partial charge is 0.266 e. The number of fused-ring (bicyclic) bond motifs is 1.